The lowest BCUT2D eigenvalue weighted by Crippen LogP contribution is -2.22. The second-order valence-electron chi connectivity index (χ2n) is 4.07. The van der Waals surface area contributed by atoms with Gasteiger partial charge in [0.15, 0.2) is 12.4 Å². The van der Waals surface area contributed by atoms with Gasteiger partial charge in [-0.25, -0.2) is 0 Å². The molecule has 114 valence electrons. The van der Waals surface area contributed by atoms with Gasteiger partial charge in [-0.15, -0.1) is 0 Å². The quantitative estimate of drug-likeness (QED) is 0.711. The molecule has 6 heteroatoms. The number of methoxy groups -OCH3 is 1. The molecule has 0 aliphatic carbocycles. The Morgan fingerprint density at radius 1 is 0.950 bits per heavy atom. The maximum absolute atomic E-state index is 12.7. The number of ether oxygens (including phenoxy) is 3. The fourth-order valence-electron chi connectivity index (χ4n) is 1.83. The molecule has 0 N–H and O–H groups in total. The van der Waals surface area contributed by atoms with Gasteiger partial charge in [0, 0.05) is 25.9 Å². The van der Waals surface area contributed by atoms with Gasteiger partial charge in [0.2, 0.25) is 0 Å². The smallest absolute Gasteiger partial charge is 0.367 e. The predicted molar refractivity (Wildman–Crippen MR) is 68.2 cm³/mol. The van der Waals surface area contributed by atoms with E-state index in [9.17, 15) is 13.2 Å². The Labute approximate surface area is 116 Å². The summed E-state index contributed by atoms with van der Waals surface area (Å²) in [6.07, 6.45) is -6.92. The van der Waals surface area contributed by atoms with Crippen molar-refractivity contribution in [3.05, 3.63) is 35.4 Å². The van der Waals surface area contributed by atoms with Crippen LogP contribution in [0.4, 0.5) is 13.2 Å². The van der Waals surface area contributed by atoms with Gasteiger partial charge in [0.1, 0.15) is 0 Å². The zero-order valence-corrected chi connectivity index (χ0v) is 11.7. The van der Waals surface area contributed by atoms with Crippen LogP contribution in [0.25, 0.3) is 0 Å². The molecule has 0 heterocycles. The summed E-state index contributed by atoms with van der Waals surface area (Å²) in [5.74, 6) is 0. The largest absolute Gasteiger partial charge is 0.418 e. The Hall–Kier alpha value is -1.11. The van der Waals surface area contributed by atoms with Crippen LogP contribution in [-0.2, 0) is 14.2 Å². The van der Waals surface area contributed by atoms with E-state index >= 15 is 0 Å². The van der Waals surface area contributed by atoms with Gasteiger partial charge in [-0.2, -0.15) is 13.2 Å². The van der Waals surface area contributed by atoms with Gasteiger partial charge >= 0.3 is 6.18 Å². The van der Waals surface area contributed by atoms with E-state index in [0.29, 0.717) is 18.8 Å². The molecule has 0 aliphatic rings. The van der Waals surface area contributed by atoms with Gasteiger partial charge in [0.25, 0.3) is 0 Å². The van der Waals surface area contributed by atoms with E-state index in [0.717, 1.165) is 7.11 Å². The maximum atomic E-state index is 12.7. The Bertz CT molecular complexity index is 384. The average molecular weight is 292 g/mol. The Morgan fingerprint density at radius 3 is 1.75 bits per heavy atom. The number of hydrogen-bond acceptors (Lipinski definition) is 3. The normalized spacial score (nSPS) is 13.8. The van der Waals surface area contributed by atoms with Crippen LogP contribution in [-0.4, -0.2) is 26.5 Å². The first-order valence-corrected chi connectivity index (χ1v) is 6.36. The van der Waals surface area contributed by atoms with Crippen LogP contribution >= 0.6 is 0 Å². The van der Waals surface area contributed by atoms with E-state index in [2.05, 4.69) is 4.74 Å². The Balaban J connectivity index is 2.91. The SMILES string of the molecule is CCOC(OCC)c1ccc(C(OC)C(F)(F)F)cc1. The summed E-state index contributed by atoms with van der Waals surface area (Å²) in [6, 6.07) is 5.87. The molecule has 0 amide bonds. The van der Waals surface area contributed by atoms with Crippen molar-refractivity contribution < 1.29 is 27.4 Å². The zero-order valence-electron chi connectivity index (χ0n) is 11.7. The third-order valence-corrected chi connectivity index (χ3v) is 2.68. The molecule has 0 aliphatic heterocycles. The van der Waals surface area contributed by atoms with Crippen molar-refractivity contribution in [3.63, 3.8) is 0 Å². The fraction of sp³-hybridized carbons (Fsp3) is 0.571. The molecular formula is C14H19F3O3. The van der Waals surface area contributed by atoms with Gasteiger partial charge in [-0.05, 0) is 19.4 Å². The third kappa shape index (κ3) is 4.47. The lowest BCUT2D eigenvalue weighted by atomic mass is 10.1. The number of rotatable bonds is 7. The van der Waals surface area contributed by atoms with E-state index in [1.54, 1.807) is 12.1 Å². The summed E-state index contributed by atoms with van der Waals surface area (Å²) in [5.41, 5.74) is 0.727. The summed E-state index contributed by atoms with van der Waals surface area (Å²) in [5, 5.41) is 0. The second-order valence-corrected chi connectivity index (χ2v) is 4.07. The molecule has 0 bridgehead atoms. The Morgan fingerprint density at radius 2 is 1.40 bits per heavy atom. The molecule has 20 heavy (non-hydrogen) atoms. The van der Waals surface area contributed by atoms with Crippen molar-refractivity contribution in [2.45, 2.75) is 32.4 Å². The minimum Gasteiger partial charge on any atom is -0.367 e. The van der Waals surface area contributed by atoms with Crippen LogP contribution in [0.1, 0.15) is 37.4 Å². The van der Waals surface area contributed by atoms with Crippen molar-refractivity contribution in [3.8, 4) is 0 Å². The lowest BCUT2D eigenvalue weighted by molar-refractivity contribution is -0.216. The van der Waals surface area contributed by atoms with E-state index < -0.39 is 18.6 Å². The van der Waals surface area contributed by atoms with Gasteiger partial charge in [-0.1, -0.05) is 24.3 Å². The average Bonchev–Trinajstić information content (AvgIpc) is 2.38. The summed E-state index contributed by atoms with van der Waals surface area (Å²) >= 11 is 0. The summed E-state index contributed by atoms with van der Waals surface area (Å²) in [4.78, 5) is 0. The molecule has 1 rings (SSSR count). The fourth-order valence-corrected chi connectivity index (χ4v) is 1.83. The second kappa shape index (κ2) is 7.61. The standard InChI is InChI=1S/C14H19F3O3/c1-4-19-13(20-5-2)11-8-6-10(7-9-11)12(18-3)14(15,16)17/h6-9,12-13H,4-5H2,1-3H3. The molecule has 1 aromatic rings. The minimum atomic E-state index is -4.44. The van der Waals surface area contributed by atoms with Crippen molar-refractivity contribution in [1.82, 2.24) is 0 Å². The molecule has 0 fully saturated rings. The Kier molecular flexibility index (Phi) is 6.45. The molecule has 0 aromatic heterocycles. The van der Waals surface area contributed by atoms with Crippen LogP contribution in [0.3, 0.4) is 0 Å². The number of benzene rings is 1. The molecule has 1 atom stereocenters. The lowest BCUT2D eigenvalue weighted by Gasteiger charge is -2.21. The summed E-state index contributed by atoms with van der Waals surface area (Å²) < 4.78 is 53.5. The number of hydrogen-bond donors (Lipinski definition) is 0. The van der Waals surface area contributed by atoms with Crippen molar-refractivity contribution >= 4 is 0 Å². The molecule has 1 unspecified atom stereocenters. The van der Waals surface area contributed by atoms with Crippen molar-refractivity contribution in [1.29, 1.82) is 0 Å². The highest BCUT2D eigenvalue weighted by Gasteiger charge is 2.41. The highest BCUT2D eigenvalue weighted by molar-refractivity contribution is 5.26. The molecule has 0 saturated heterocycles. The highest BCUT2D eigenvalue weighted by atomic mass is 19.4. The van der Waals surface area contributed by atoms with Crippen molar-refractivity contribution in [2.24, 2.45) is 0 Å². The topological polar surface area (TPSA) is 27.7 Å². The van der Waals surface area contributed by atoms with Crippen molar-refractivity contribution in [2.75, 3.05) is 20.3 Å². The molecule has 0 radical (unpaired) electrons. The van der Waals surface area contributed by atoms with Gasteiger partial charge < -0.3 is 14.2 Å². The van der Waals surface area contributed by atoms with E-state index in [-0.39, 0.29) is 5.56 Å². The first kappa shape index (κ1) is 16.9. The molecule has 0 spiro atoms. The predicted octanol–water partition coefficient (Wildman–Crippen LogP) is 4.01. The minimum absolute atomic E-state index is 0.0514. The number of alkyl halides is 3. The molecule has 3 nitrogen and oxygen atoms in total. The monoisotopic (exact) mass is 292 g/mol. The zero-order chi connectivity index (χ0) is 15.2. The van der Waals surface area contributed by atoms with E-state index in [4.69, 9.17) is 9.47 Å². The number of halogens is 3. The molecule has 0 saturated carbocycles. The van der Waals surface area contributed by atoms with E-state index in [1.165, 1.54) is 12.1 Å². The van der Waals surface area contributed by atoms with Gasteiger partial charge in [-0.3, -0.25) is 0 Å². The van der Waals surface area contributed by atoms with Gasteiger partial charge in [0.05, 0.1) is 0 Å². The van der Waals surface area contributed by atoms with Crippen LogP contribution in [0, 0.1) is 0 Å². The van der Waals surface area contributed by atoms with Crippen LogP contribution < -0.4 is 0 Å². The first-order chi connectivity index (χ1) is 9.43. The van der Waals surface area contributed by atoms with Crippen LogP contribution in [0.15, 0.2) is 24.3 Å². The molecular weight excluding hydrogens is 273 g/mol. The van der Waals surface area contributed by atoms with E-state index in [1.807, 2.05) is 13.8 Å². The third-order valence-electron chi connectivity index (χ3n) is 2.68. The van der Waals surface area contributed by atoms with Crippen LogP contribution in [0.5, 0.6) is 0 Å². The summed E-state index contributed by atoms with van der Waals surface area (Å²) in [6.45, 7) is 4.56. The summed E-state index contributed by atoms with van der Waals surface area (Å²) in [7, 11) is 1.04. The first-order valence-electron chi connectivity index (χ1n) is 6.36. The van der Waals surface area contributed by atoms with Crippen LogP contribution in [0.2, 0.25) is 0 Å². The molecule has 1 aromatic carbocycles. The highest BCUT2D eigenvalue weighted by Crippen LogP contribution is 2.35. The maximum Gasteiger partial charge on any atom is 0.418 e.